The fourth-order valence-corrected chi connectivity index (χ4v) is 9.12. The number of carbonyl (C=O) groups excluding carboxylic acids is 4. The van der Waals surface area contributed by atoms with Crippen molar-refractivity contribution in [1.82, 2.24) is 0 Å². The molecule has 0 amide bonds. The highest BCUT2D eigenvalue weighted by molar-refractivity contribution is 5.76. The lowest BCUT2D eigenvalue weighted by Crippen LogP contribution is -2.43. The Labute approximate surface area is 486 Å². The average Bonchev–Trinajstić information content (AvgIpc) is 3.44. The standard InChI is InChI=1S/C25H38O5.C24H36O2.C22H34O2/c1-6-25(4,5)24(28)30-21-12-15(2)11-17-8-7-16(3)20(23(17)21)10-9-19-13-18(26)14-22(27)29-19;1-3-5-6-7-8-9-10-11-12-13-14-15-16-17-18-19-20-21-22-23-24(25)26-4-2;1-3-5-6-7-8-9-10-11-12-13-14-15-16-17-18-19-20-21-22(23)24-4-2/h7-8,11,15-16,18-21,23,26H,6,9-10,12-14H2,1-5H3;5-6,8-9,11-12,14-15,17-18,20-21H,3-4,7,10,13,16,19,22-23H2,1-2H3;5-6,8-9,11-12,14-15,17-18H,3-4,7,10,13,16,19-21H2,1-2H3/b;6-5-,9-8-,12-11-,15-14-,18-17-,21-20-;6-5-,9-8-,12-11-,15-14-,18-17-/t15-,16-,18+,19+,20-,21-,23-;;/m0../s1. The van der Waals surface area contributed by atoms with E-state index in [9.17, 15) is 24.3 Å². The molecule has 0 aromatic carbocycles. The number of hydrogen-bond acceptors (Lipinski definition) is 9. The predicted octanol–water partition coefficient (Wildman–Crippen LogP) is 18.1. The summed E-state index contributed by atoms with van der Waals surface area (Å²) in [7, 11) is 0. The summed E-state index contributed by atoms with van der Waals surface area (Å²) in [5.74, 6) is 0.565. The Morgan fingerprint density at radius 2 is 1.04 bits per heavy atom. The van der Waals surface area contributed by atoms with E-state index >= 15 is 0 Å². The minimum atomic E-state index is -0.601. The zero-order valence-electron chi connectivity index (χ0n) is 51.2. The molecule has 446 valence electrons. The molecule has 0 unspecified atom stereocenters. The number of esters is 4. The third-order valence-electron chi connectivity index (χ3n) is 14.0. The van der Waals surface area contributed by atoms with E-state index in [1.165, 1.54) is 5.57 Å². The van der Waals surface area contributed by atoms with Gasteiger partial charge in [-0.05, 0) is 167 Å². The van der Waals surface area contributed by atoms with E-state index in [4.69, 9.17) is 18.9 Å². The fourth-order valence-electron chi connectivity index (χ4n) is 9.12. The molecule has 1 fully saturated rings. The van der Waals surface area contributed by atoms with Crippen LogP contribution in [0.2, 0.25) is 0 Å². The number of aliphatic hydroxyl groups is 1. The normalized spacial score (nSPS) is 21.6. The van der Waals surface area contributed by atoms with Crippen molar-refractivity contribution in [1.29, 1.82) is 0 Å². The van der Waals surface area contributed by atoms with Crippen LogP contribution in [-0.2, 0) is 38.1 Å². The van der Waals surface area contributed by atoms with Gasteiger partial charge in [0.15, 0.2) is 0 Å². The van der Waals surface area contributed by atoms with E-state index in [0.29, 0.717) is 50.2 Å². The molecule has 0 aromatic rings. The molecule has 0 saturated carbocycles. The summed E-state index contributed by atoms with van der Waals surface area (Å²) in [4.78, 5) is 46.8. The van der Waals surface area contributed by atoms with Gasteiger partial charge in [-0.3, -0.25) is 19.2 Å². The highest BCUT2D eigenvalue weighted by Gasteiger charge is 2.43. The summed E-state index contributed by atoms with van der Waals surface area (Å²) in [5, 5.41) is 9.92. The lowest BCUT2D eigenvalue weighted by atomic mass is 9.65. The maximum atomic E-state index is 12.9. The Bertz CT molecular complexity index is 2080. The molecule has 9 nitrogen and oxygen atoms in total. The lowest BCUT2D eigenvalue weighted by molar-refractivity contribution is -0.166. The number of rotatable bonds is 35. The maximum Gasteiger partial charge on any atom is 0.311 e. The van der Waals surface area contributed by atoms with Gasteiger partial charge >= 0.3 is 23.9 Å². The number of fused-ring (bicyclic) bond motifs is 1. The van der Waals surface area contributed by atoms with Gasteiger partial charge in [0.2, 0.25) is 0 Å². The number of cyclic esters (lactones) is 1. The highest BCUT2D eigenvalue weighted by atomic mass is 16.6. The molecule has 3 aliphatic rings. The Morgan fingerprint density at radius 3 is 1.48 bits per heavy atom. The van der Waals surface area contributed by atoms with E-state index in [1.54, 1.807) is 0 Å². The SMILES string of the molecule is CC/C=C\C/C=C\C/C=C\C/C=C\C/C=C\C/C=C\CCC(=O)OCC.CC/C=C\C/C=C\C/C=C\C/C=C\C/C=C\CCCC(=O)OCC.CCC(C)(C)C(=O)O[C@H]1C[C@@H](C)C=C2C=C[C@H](C)[C@H](CC[C@@H]3C[C@@H](O)CC(=O)O3)[C@H]21. The summed E-state index contributed by atoms with van der Waals surface area (Å²) in [6.07, 6.45) is 72.2. The van der Waals surface area contributed by atoms with Gasteiger partial charge < -0.3 is 24.1 Å². The van der Waals surface area contributed by atoms with Gasteiger partial charge in [-0.2, -0.15) is 0 Å². The van der Waals surface area contributed by atoms with Crippen LogP contribution in [0.4, 0.5) is 0 Å². The Kier molecular flexibility index (Phi) is 43.7. The molecule has 7 atom stereocenters. The minimum Gasteiger partial charge on any atom is -0.466 e. The monoisotopic (exact) mass is 1100 g/mol. The zero-order chi connectivity index (χ0) is 58.9. The predicted molar refractivity (Wildman–Crippen MR) is 334 cm³/mol. The van der Waals surface area contributed by atoms with Crippen molar-refractivity contribution in [2.24, 2.45) is 29.1 Å². The molecule has 1 heterocycles. The van der Waals surface area contributed by atoms with E-state index in [1.807, 2.05) is 40.7 Å². The van der Waals surface area contributed by atoms with E-state index in [0.717, 1.165) is 116 Å². The molecule has 1 aliphatic heterocycles. The van der Waals surface area contributed by atoms with Crippen molar-refractivity contribution in [3.05, 3.63) is 157 Å². The van der Waals surface area contributed by atoms with Gasteiger partial charge in [-0.25, -0.2) is 0 Å². The van der Waals surface area contributed by atoms with Gasteiger partial charge in [0, 0.05) is 25.2 Å². The summed E-state index contributed by atoms with van der Waals surface area (Å²) in [6.45, 7) is 19.2. The van der Waals surface area contributed by atoms with Crippen LogP contribution in [0.15, 0.2) is 157 Å². The van der Waals surface area contributed by atoms with Gasteiger partial charge in [0.25, 0.3) is 0 Å². The number of unbranched alkanes of at least 4 members (excludes halogenated alkanes) is 1. The van der Waals surface area contributed by atoms with Crippen molar-refractivity contribution < 1.29 is 43.2 Å². The number of ether oxygens (including phenoxy) is 4. The van der Waals surface area contributed by atoms with Crippen molar-refractivity contribution in [3.8, 4) is 0 Å². The van der Waals surface area contributed by atoms with Gasteiger partial charge in [-0.15, -0.1) is 0 Å². The third-order valence-corrected chi connectivity index (χ3v) is 14.0. The molecule has 0 bridgehead atoms. The number of carbonyl (C=O) groups is 4. The van der Waals surface area contributed by atoms with Crippen molar-refractivity contribution in [2.75, 3.05) is 13.2 Å². The summed E-state index contributed by atoms with van der Waals surface area (Å²) in [6, 6.07) is 0. The van der Waals surface area contributed by atoms with Gasteiger partial charge in [-0.1, -0.05) is 187 Å². The second-order valence-electron chi connectivity index (χ2n) is 21.4. The molecule has 9 heteroatoms. The highest BCUT2D eigenvalue weighted by Crippen LogP contribution is 2.46. The molecule has 80 heavy (non-hydrogen) atoms. The molecule has 0 radical (unpaired) electrons. The Hall–Kier alpha value is -5.54. The van der Waals surface area contributed by atoms with Crippen LogP contribution in [0.3, 0.4) is 0 Å². The van der Waals surface area contributed by atoms with Crippen LogP contribution in [0.1, 0.15) is 204 Å². The molecule has 2 aliphatic carbocycles. The number of aliphatic hydroxyl groups excluding tert-OH is 1. The first kappa shape index (κ1) is 72.5. The number of hydrogen-bond donors (Lipinski definition) is 1. The van der Waals surface area contributed by atoms with Gasteiger partial charge in [0.1, 0.15) is 12.2 Å². The van der Waals surface area contributed by atoms with E-state index < -0.39 is 11.5 Å². The second kappa shape index (κ2) is 48.2. The molecule has 0 spiro atoms. The lowest BCUT2D eigenvalue weighted by Gasteiger charge is -2.44. The fraction of sp³-hybridized carbons (Fsp3) is 0.577. The van der Waals surface area contributed by atoms with E-state index in [2.05, 4.69) is 174 Å². The van der Waals surface area contributed by atoms with Crippen molar-refractivity contribution in [3.63, 3.8) is 0 Å². The summed E-state index contributed by atoms with van der Waals surface area (Å²) < 4.78 is 21.4. The zero-order valence-corrected chi connectivity index (χ0v) is 51.2. The van der Waals surface area contributed by atoms with Gasteiger partial charge in [0.05, 0.1) is 31.2 Å². The average molecular weight is 1110 g/mol. The van der Waals surface area contributed by atoms with Crippen LogP contribution in [0.5, 0.6) is 0 Å². The largest absolute Gasteiger partial charge is 0.466 e. The summed E-state index contributed by atoms with van der Waals surface area (Å²) >= 11 is 0. The van der Waals surface area contributed by atoms with Crippen LogP contribution in [0.25, 0.3) is 0 Å². The third kappa shape index (κ3) is 37.4. The maximum absolute atomic E-state index is 12.9. The van der Waals surface area contributed by atoms with Crippen LogP contribution in [-0.4, -0.2) is 60.5 Å². The van der Waals surface area contributed by atoms with Crippen LogP contribution in [0, 0.1) is 29.1 Å². The molecule has 1 saturated heterocycles. The van der Waals surface area contributed by atoms with E-state index in [-0.39, 0.29) is 48.4 Å². The number of allylic oxidation sites excluding steroid dienone is 25. The molecule has 0 aromatic heterocycles. The first-order chi connectivity index (χ1) is 38.7. The Balaban J connectivity index is 0.000000605. The smallest absolute Gasteiger partial charge is 0.311 e. The topological polar surface area (TPSA) is 125 Å². The van der Waals surface area contributed by atoms with Crippen LogP contribution >= 0.6 is 0 Å². The first-order valence-corrected chi connectivity index (χ1v) is 30.7. The minimum absolute atomic E-state index is 0.0927. The van der Waals surface area contributed by atoms with Crippen LogP contribution < -0.4 is 0 Å². The summed E-state index contributed by atoms with van der Waals surface area (Å²) in [5.41, 5.74) is 0.785. The second-order valence-corrected chi connectivity index (χ2v) is 21.4. The van der Waals surface area contributed by atoms with Crippen molar-refractivity contribution >= 4 is 23.9 Å². The van der Waals surface area contributed by atoms with Crippen molar-refractivity contribution in [2.45, 2.75) is 222 Å². The molecular weight excluding hydrogens is 997 g/mol. The molecular formula is C71H108O9. The Morgan fingerprint density at radius 1 is 0.600 bits per heavy atom. The first-order valence-electron chi connectivity index (χ1n) is 30.7. The molecule has 1 N–H and O–H groups in total. The quantitative estimate of drug-likeness (QED) is 0.0286. The molecule has 3 rings (SSSR count).